The predicted molar refractivity (Wildman–Crippen MR) is 101 cm³/mol. The molecule has 1 N–H and O–H groups in total. The molecule has 1 saturated heterocycles. The summed E-state index contributed by atoms with van der Waals surface area (Å²) in [6.45, 7) is 8.10. The first kappa shape index (κ1) is 18.4. The van der Waals surface area contributed by atoms with Gasteiger partial charge in [0.05, 0.1) is 25.4 Å². The molecule has 1 fully saturated rings. The Morgan fingerprint density at radius 3 is 2.50 bits per heavy atom. The van der Waals surface area contributed by atoms with Crippen molar-refractivity contribution in [3.8, 4) is 16.9 Å². The molecule has 0 bridgehead atoms. The van der Waals surface area contributed by atoms with Crippen molar-refractivity contribution in [1.29, 1.82) is 0 Å². The molecule has 1 unspecified atom stereocenters. The minimum atomic E-state index is -0.938. The zero-order valence-corrected chi connectivity index (χ0v) is 15.3. The number of hydrogen-bond donors (Lipinski definition) is 1. The van der Waals surface area contributed by atoms with Crippen LogP contribution in [0.5, 0.6) is 5.75 Å². The van der Waals surface area contributed by atoms with Crippen LogP contribution in [0.1, 0.15) is 35.8 Å². The molecule has 2 aromatic rings. The van der Waals surface area contributed by atoms with E-state index in [1.807, 2.05) is 19.1 Å². The third kappa shape index (κ3) is 4.06. The Morgan fingerprint density at radius 2 is 1.88 bits per heavy atom. The van der Waals surface area contributed by atoms with Crippen molar-refractivity contribution in [3.05, 3.63) is 53.6 Å². The van der Waals surface area contributed by atoms with Gasteiger partial charge in [-0.05, 0) is 43.2 Å². The fraction of sp³-hybridized carbons (Fsp3) is 0.381. The first-order valence-electron chi connectivity index (χ1n) is 9.02. The molecule has 26 heavy (non-hydrogen) atoms. The van der Waals surface area contributed by atoms with Crippen LogP contribution >= 0.6 is 0 Å². The molecule has 1 aliphatic rings. The van der Waals surface area contributed by atoms with Gasteiger partial charge in [0.1, 0.15) is 5.75 Å². The Hall–Kier alpha value is -2.37. The molecule has 0 radical (unpaired) electrons. The summed E-state index contributed by atoms with van der Waals surface area (Å²) >= 11 is 0. The Bertz CT molecular complexity index is 751. The molecular formula is C21H25NO4. The summed E-state index contributed by atoms with van der Waals surface area (Å²) in [7, 11) is 0. The highest BCUT2D eigenvalue weighted by Crippen LogP contribution is 2.32. The van der Waals surface area contributed by atoms with Crippen LogP contribution in [0.2, 0.25) is 0 Å². The smallest absolute Gasteiger partial charge is 0.335 e. The zero-order chi connectivity index (χ0) is 18.5. The Kier molecular flexibility index (Phi) is 5.91. The van der Waals surface area contributed by atoms with Crippen molar-refractivity contribution in [2.24, 2.45) is 0 Å². The van der Waals surface area contributed by atoms with Crippen molar-refractivity contribution in [3.63, 3.8) is 0 Å². The lowest BCUT2D eigenvalue weighted by Gasteiger charge is -2.32. The number of aromatic carboxylic acids is 1. The van der Waals surface area contributed by atoms with Gasteiger partial charge >= 0.3 is 5.97 Å². The maximum Gasteiger partial charge on any atom is 0.335 e. The predicted octanol–water partition coefficient (Wildman–Crippen LogP) is 3.84. The fourth-order valence-electron chi connectivity index (χ4n) is 3.29. The maximum absolute atomic E-state index is 11.3. The maximum atomic E-state index is 11.3. The second-order valence-electron chi connectivity index (χ2n) is 6.40. The van der Waals surface area contributed by atoms with E-state index in [1.165, 1.54) is 5.56 Å². The molecule has 2 aromatic carbocycles. The quantitative estimate of drug-likeness (QED) is 0.853. The van der Waals surface area contributed by atoms with Gasteiger partial charge in [-0.15, -0.1) is 0 Å². The molecule has 0 saturated carbocycles. The van der Waals surface area contributed by atoms with Crippen molar-refractivity contribution in [2.75, 3.05) is 32.9 Å². The van der Waals surface area contributed by atoms with E-state index in [2.05, 4.69) is 24.0 Å². The number of carbonyl (C=O) groups is 1. The van der Waals surface area contributed by atoms with Crippen LogP contribution in [0.15, 0.2) is 42.5 Å². The van der Waals surface area contributed by atoms with E-state index in [4.69, 9.17) is 9.47 Å². The second kappa shape index (κ2) is 8.34. The van der Waals surface area contributed by atoms with Crippen LogP contribution in [0, 0.1) is 0 Å². The van der Waals surface area contributed by atoms with Gasteiger partial charge in [0.25, 0.3) is 0 Å². The largest absolute Gasteiger partial charge is 0.493 e. The van der Waals surface area contributed by atoms with Gasteiger partial charge in [-0.1, -0.05) is 24.3 Å². The van der Waals surface area contributed by atoms with E-state index in [0.29, 0.717) is 18.4 Å². The highest BCUT2D eigenvalue weighted by molar-refractivity contribution is 5.90. The van der Waals surface area contributed by atoms with Crippen LogP contribution < -0.4 is 4.74 Å². The summed E-state index contributed by atoms with van der Waals surface area (Å²) in [4.78, 5) is 13.7. The van der Waals surface area contributed by atoms with E-state index >= 15 is 0 Å². The number of morpholine rings is 1. The molecule has 1 aliphatic heterocycles. The molecule has 5 heteroatoms. The number of hydrogen-bond acceptors (Lipinski definition) is 4. The van der Waals surface area contributed by atoms with Gasteiger partial charge in [-0.2, -0.15) is 0 Å². The van der Waals surface area contributed by atoms with Crippen molar-refractivity contribution in [2.45, 2.75) is 19.9 Å². The summed E-state index contributed by atoms with van der Waals surface area (Å²) in [5.41, 5.74) is 3.25. The van der Waals surface area contributed by atoms with E-state index < -0.39 is 5.97 Å². The van der Waals surface area contributed by atoms with Crippen LogP contribution in [0.3, 0.4) is 0 Å². The van der Waals surface area contributed by atoms with Crippen molar-refractivity contribution < 1.29 is 19.4 Å². The van der Waals surface area contributed by atoms with Gasteiger partial charge in [0.2, 0.25) is 0 Å². The van der Waals surface area contributed by atoms with Crippen LogP contribution in [0.4, 0.5) is 0 Å². The molecular weight excluding hydrogens is 330 g/mol. The summed E-state index contributed by atoms with van der Waals surface area (Å²) in [6.07, 6.45) is 0. The standard InChI is InChI=1S/C21H25NO4/c1-3-26-20-9-8-18(21(23)24)14-19(20)17-6-4-16(5-7-17)15(2)22-10-12-25-13-11-22/h4-9,14-15H,3,10-13H2,1-2H3,(H,23,24). The number of rotatable bonds is 6. The third-order valence-corrected chi connectivity index (χ3v) is 4.82. The van der Waals surface area contributed by atoms with Crippen LogP contribution in [-0.2, 0) is 4.74 Å². The summed E-state index contributed by atoms with van der Waals surface area (Å²) in [5.74, 6) is -0.238. The molecule has 0 amide bonds. The van der Waals surface area contributed by atoms with Gasteiger partial charge in [-0.25, -0.2) is 4.79 Å². The molecule has 0 aliphatic carbocycles. The average Bonchev–Trinajstić information content (AvgIpc) is 2.68. The van der Waals surface area contributed by atoms with E-state index in [9.17, 15) is 9.90 Å². The minimum Gasteiger partial charge on any atom is -0.493 e. The SMILES string of the molecule is CCOc1ccc(C(=O)O)cc1-c1ccc(C(C)N2CCOCC2)cc1. The van der Waals surface area contributed by atoms with Crippen molar-refractivity contribution >= 4 is 5.97 Å². The number of carboxylic acids is 1. The van der Waals surface area contributed by atoms with Gasteiger partial charge in [0.15, 0.2) is 0 Å². The topological polar surface area (TPSA) is 59.0 Å². The fourth-order valence-corrected chi connectivity index (χ4v) is 3.29. The summed E-state index contributed by atoms with van der Waals surface area (Å²) < 4.78 is 11.1. The molecule has 5 nitrogen and oxygen atoms in total. The van der Waals surface area contributed by atoms with Crippen molar-refractivity contribution in [1.82, 2.24) is 4.90 Å². The lowest BCUT2D eigenvalue weighted by Crippen LogP contribution is -2.37. The first-order valence-corrected chi connectivity index (χ1v) is 9.02. The Morgan fingerprint density at radius 1 is 1.19 bits per heavy atom. The average molecular weight is 355 g/mol. The number of nitrogens with zero attached hydrogens (tertiary/aromatic N) is 1. The minimum absolute atomic E-state index is 0.259. The van der Waals surface area contributed by atoms with E-state index in [1.54, 1.807) is 18.2 Å². The molecule has 3 rings (SSSR count). The van der Waals surface area contributed by atoms with E-state index in [0.717, 1.165) is 37.4 Å². The Balaban J connectivity index is 1.87. The first-order chi connectivity index (χ1) is 12.6. The second-order valence-corrected chi connectivity index (χ2v) is 6.40. The molecule has 0 spiro atoms. The Labute approximate surface area is 154 Å². The lowest BCUT2D eigenvalue weighted by atomic mass is 9.98. The van der Waals surface area contributed by atoms with Crippen LogP contribution in [-0.4, -0.2) is 48.9 Å². The summed E-state index contributed by atoms with van der Waals surface area (Å²) in [6, 6.07) is 13.6. The van der Waals surface area contributed by atoms with Gasteiger partial charge < -0.3 is 14.6 Å². The molecule has 1 heterocycles. The number of carboxylic acid groups (broad SMARTS) is 1. The lowest BCUT2D eigenvalue weighted by molar-refractivity contribution is 0.0198. The highest BCUT2D eigenvalue weighted by atomic mass is 16.5. The van der Waals surface area contributed by atoms with Crippen LogP contribution in [0.25, 0.3) is 11.1 Å². The highest BCUT2D eigenvalue weighted by Gasteiger charge is 2.19. The normalized spacial score (nSPS) is 16.2. The van der Waals surface area contributed by atoms with Gasteiger partial charge in [-0.3, -0.25) is 4.90 Å². The number of ether oxygens (including phenoxy) is 2. The molecule has 138 valence electrons. The number of benzene rings is 2. The molecule has 0 aromatic heterocycles. The molecule has 1 atom stereocenters. The summed E-state index contributed by atoms with van der Waals surface area (Å²) in [5, 5.41) is 9.28. The van der Waals surface area contributed by atoms with E-state index in [-0.39, 0.29) is 5.56 Å². The third-order valence-electron chi connectivity index (χ3n) is 4.82. The van der Waals surface area contributed by atoms with Gasteiger partial charge in [0, 0.05) is 24.7 Å². The monoisotopic (exact) mass is 355 g/mol. The zero-order valence-electron chi connectivity index (χ0n) is 15.3.